The minimum absolute atomic E-state index is 0.500. The van der Waals surface area contributed by atoms with Crippen LogP contribution in [0.4, 0.5) is 0 Å². The fraction of sp³-hybridized carbons (Fsp3) is 0.429. The number of methoxy groups -OCH3 is 1. The van der Waals surface area contributed by atoms with Crippen molar-refractivity contribution in [3.63, 3.8) is 0 Å². The number of carbonyl (C=O) groups excluding carboxylic acids is 1. The first-order valence-electron chi connectivity index (χ1n) is 5.89. The number of rotatable bonds is 4. The van der Waals surface area contributed by atoms with E-state index >= 15 is 0 Å². The van der Waals surface area contributed by atoms with E-state index in [9.17, 15) is 4.79 Å². The lowest BCUT2D eigenvalue weighted by atomic mass is 9.89. The monoisotopic (exact) mass is 247 g/mol. The van der Waals surface area contributed by atoms with Crippen LogP contribution in [0.25, 0.3) is 0 Å². The Kier molecular flexibility index (Phi) is 3.36. The van der Waals surface area contributed by atoms with Crippen LogP contribution >= 0.6 is 0 Å². The van der Waals surface area contributed by atoms with Crippen LogP contribution in [0, 0.1) is 0 Å². The van der Waals surface area contributed by atoms with Crippen LogP contribution in [0.15, 0.2) is 29.3 Å². The highest BCUT2D eigenvalue weighted by atomic mass is 16.5. The minimum Gasteiger partial charge on any atom is -0.497 e. The van der Waals surface area contributed by atoms with Crippen LogP contribution < -0.4 is 4.74 Å². The van der Waals surface area contributed by atoms with E-state index in [0.717, 1.165) is 17.6 Å². The molecule has 2 atom stereocenters. The number of hydrogen-bond donors (Lipinski definition) is 0. The molecule has 2 rings (SSSR count). The molecule has 4 heteroatoms. The third-order valence-electron chi connectivity index (χ3n) is 3.17. The van der Waals surface area contributed by atoms with Crippen LogP contribution in [-0.2, 0) is 16.0 Å². The average Bonchev–Trinajstić information content (AvgIpc) is 2.64. The van der Waals surface area contributed by atoms with Gasteiger partial charge in [0.1, 0.15) is 11.3 Å². The molecule has 0 amide bonds. The molecule has 4 nitrogen and oxygen atoms in total. The van der Waals surface area contributed by atoms with Gasteiger partial charge >= 0.3 is 0 Å². The summed E-state index contributed by atoms with van der Waals surface area (Å²) in [4.78, 5) is 15.5. The summed E-state index contributed by atoms with van der Waals surface area (Å²) in [6.45, 7) is 3.71. The molecule has 2 unspecified atom stereocenters. The highest BCUT2D eigenvalue weighted by molar-refractivity contribution is 5.80. The lowest BCUT2D eigenvalue weighted by Crippen LogP contribution is -2.38. The minimum atomic E-state index is -0.513. The maximum atomic E-state index is 11.0. The van der Waals surface area contributed by atoms with Crippen LogP contribution in [0.2, 0.25) is 0 Å². The molecule has 0 radical (unpaired) electrons. The number of hydrogen-bond acceptors (Lipinski definition) is 4. The molecule has 0 aromatic heterocycles. The van der Waals surface area contributed by atoms with E-state index in [0.29, 0.717) is 12.3 Å². The van der Waals surface area contributed by atoms with Crippen molar-refractivity contribution >= 4 is 12.2 Å². The quantitative estimate of drug-likeness (QED) is 0.765. The molecule has 0 N–H and O–H groups in total. The fourth-order valence-electron chi connectivity index (χ4n) is 2.23. The molecule has 1 aliphatic heterocycles. The number of nitrogens with zero attached hydrogens (tertiary/aromatic N) is 1. The molecule has 96 valence electrons. The summed E-state index contributed by atoms with van der Waals surface area (Å²) in [5, 5.41) is 0. The molecule has 18 heavy (non-hydrogen) atoms. The summed E-state index contributed by atoms with van der Waals surface area (Å²) >= 11 is 0. The van der Waals surface area contributed by atoms with E-state index in [1.54, 1.807) is 14.0 Å². The smallest absolute Gasteiger partial charge is 0.181 e. The molecular weight excluding hydrogens is 230 g/mol. The Morgan fingerprint density at radius 3 is 2.67 bits per heavy atom. The molecular formula is C14H17NO3. The summed E-state index contributed by atoms with van der Waals surface area (Å²) in [6.07, 6.45) is 0.987. The van der Waals surface area contributed by atoms with Gasteiger partial charge in [-0.2, -0.15) is 0 Å². The second-order valence-electron chi connectivity index (χ2n) is 4.69. The van der Waals surface area contributed by atoms with Gasteiger partial charge < -0.3 is 9.47 Å². The van der Waals surface area contributed by atoms with Gasteiger partial charge in [0.25, 0.3) is 0 Å². The molecule has 0 fully saturated rings. The molecule has 1 aliphatic rings. The fourth-order valence-corrected chi connectivity index (χ4v) is 2.23. The standard InChI is InChI=1S/C14H17NO3/c1-10-15-14(2,13(9-16)18-10)8-11-4-6-12(17-3)7-5-11/h4-7,9,13H,8H2,1-3H3. The van der Waals surface area contributed by atoms with Crippen LogP contribution in [0.3, 0.4) is 0 Å². The maximum absolute atomic E-state index is 11.0. The predicted molar refractivity (Wildman–Crippen MR) is 69.1 cm³/mol. The largest absolute Gasteiger partial charge is 0.497 e. The van der Waals surface area contributed by atoms with E-state index in [1.165, 1.54) is 0 Å². The Bertz CT molecular complexity index is 466. The highest BCUT2D eigenvalue weighted by Crippen LogP contribution is 2.29. The number of carbonyl (C=O) groups is 1. The van der Waals surface area contributed by atoms with Crippen molar-refractivity contribution in [3.05, 3.63) is 29.8 Å². The van der Waals surface area contributed by atoms with E-state index in [-0.39, 0.29) is 0 Å². The van der Waals surface area contributed by atoms with Crippen LogP contribution in [0.5, 0.6) is 5.75 Å². The van der Waals surface area contributed by atoms with Crippen molar-refractivity contribution in [3.8, 4) is 5.75 Å². The molecule has 1 aromatic carbocycles. The first kappa shape index (κ1) is 12.6. The molecule has 0 saturated carbocycles. The molecule has 0 aliphatic carbocycles. The Labute approximate surface area is 107 Å². The Hall–Kier alpha value is -1.84. The zero-order valence-corrected chi connectivity index (χ0v) is 10.8. The summed E-state index contributed by atoms with van der Waals surface area (Å²) in [7, 11) is 1.64. The van der Waals surface area contributed by atoms with Crippen LogP contribution in [0.1, 0.15) is 19.4 Å². The van der Waals surface area contributed by atoms with Crippen molar-refractivity contribution in [2.75, 3.05) is 7.11 Å². The predicted octanol–water partition coefficient (Wildman–Crippen LogP) is 2.01. The van der Waals surface area contributed by atoms with Gasteiger partial charge in [-0.05, 0) is 24.6 Å². The molecule has 0 spiro atoms. The molecule has 0 saturated heterocycles. The zero-order chi connectivity index (χ0) is 13.2. The normalized spacial score (nSPS) is 26.4. The highest BCUT2D eigenvalue weighted by Gasteiger charge is 2.40. The second kappa shape index (κ2) is 4.80. The van der Waals surface area contributed by atoms with E-state index < -0.39 is 11.6 Å². The number of ether oxygens (including phenoxy) is 2. The van der Waals surface area contributed by atoms with Crippen molar-refractivity contribution in [2.45, 2.75) is 31.9 Å². The van der Waals surface area contributed by atoms with Gasteiger partial charge in [0.15, 0.2) is 18.3 Å². The Morgan fingerprint density at radius 2 is 2.11 bits per heavy atom. The molecule has 0 bridgehead atoms. The van der Waals surface area contributed by atoms with Gasteiger partial charge in [0, 0.05) is 13.3 Å². The van der Waals surface area contributed by atoms with Crippen molar-refractivity contribution in [2.24, 2.45) is 4.99 Å². The lowest BCUT2D eigenvalue weighted by molar-refractivity contribution is -0.115. The third-order valence-corrected chi connectivity index (χ3v) is 3.17. The van der Waals surface area contributed by atoms with Crippen LogP contribution in [-0.4, -0.2) is 30.9 Å². The first-order valence-corrected chi connectivity index (χ1v) is 5.89. The lowest BCUT2D eigenvalue weighted by Gasteiger charge is -2.23. The summed E-state index contributed by atoms with van der Waals surface area (Å²) in [6, 6.07) is 7.77. The Morgan fingerprint density at radius 1 is 1.44 bits per heavy atom. The van der Waals surface area contributed by atoms with Gasteiger partial charge in [-0.3, -0.25) is 4.79 Å². The first-order chi connectivity index (χ1) is 8.57. The molecule has 1 heterocycles. The van der Waals surface area contributed by atoms with E-state index in [4.69, 9.17) is 9.47 Å². The molecule has 1 aromatic rings. The maximum Gasteiger partial charge on any atom is 0.181 e. The van der Waals surface area contributed by atoms with Gasteiger partial charge in [-0.15, -0.1) is 0 Å². The zero-order valence-electron chi connectivity index (χ0n) is 10.8. The van der Waals surface area contributed by atoms with E-state index in [1.807, 2.05) is 31.2 Å². The number of aldehydes is 1. The summed E-state index contributed by atoms with van der Waals surface area (Å²) in [5.41, 5.74) is 0.590. The summed E-state index contributed by atoms with van der Waals surface area (Å²) in [5.74, 6) is 1.39. The second-order valence-corrected chi connectivity index (χ2v) is 4.69. The Balaban J connectivity index is 2.18. The topological polar surface area (TPSA) is 47.9 Å². The summed E-state index contributed by atoms with van der Waals surface area (Å²) < 4.78 is 10.5. The van der Waals surface area contributed by atoms with Gasteiger partial charge in [-0.25, -0.2) is 4.99 Å². The van der Waals surface area contributed by atoms with Gasteiger partial charge in [0.2, 0.25) is 0 Å². The van der Waals surface area contributed by atoms with Gasteiger partial charge in [0.05, 0.1) is 7.11 Å². The van der Waals surface area contributed by atoms with Crippen molar-refractivity contribution < 1.29 is 14.3 Å². The number of benzene rings is 1. The van der Waals surface area contributed by atoms with Crippen molar-refractivity contribution in [1.82, 2.24) is 0 Å². The third kappa shape index (κ3) is 2.37. The number of aliphatic imine (C=N–C) groups is 1. The average molecular weight is 247 g/mol. The van der Waals surface area contributed by atoms with Crippen molar-refractivity contribution in [1.29, 1.82) is 0 Å². The van der Waals surface area contributed by atoms with Gasteiger partial charge in [-0.1, -0.05) is 12.1 Å². The van der Waals surface area contributed by atoms with E-state index in [2.05, 4.69) is 4.99 Å². The SMILES string of the molecule is COc1ccc(CC2(C)N=C(C)OC2C=O)cc1.